The highest BCUT2D eigenvalue weighted by atomic mass is 16.5. The first kappa shape index (κ1) is 11.8. The van der Waals surface area contributed by atoms with Gasteiger partial charge in [-0.2, -0.15) is 10.3 Å². The highest BCUT2D eigenvalue weighted by molar-refractivity contribution is 6.03. The van der Waals surface area contributed by atoms with Gasteiger partial charge in [-0.3, -0.25) is 9.59 Å². The Morgan fingerprint density at radius 1 is 1.39 bits per heavy atom. The Hall–Kier alpha value is -2.70. The van der Waals surface area contributed by atoms with Crippen LogP contribution in [-0.4, -0.2) is 27.3 Å². The van der Waals surface area contributed by atoms with Crippen LogP contribution < -0.4 is 10.1 Å². The van der Waals surface area contributed by atoms with Gasteiger partial charge in [0, 0.05) is 12.5 Å². The summed E-state index contributed by atoms with van der Waals surface area (Å²) in [4.78, 5) is 22.6. The van der Waals surface area contributed by atoms with Gasteiger partial charge >= 0.3 is 5.97 Å². The molecule has 0 fully saturated rings. The van der Waals surface area contributed by atoms with Gasteiger partial charge < -0.3 is 10.1 Å². The number of aromatic amines is 1. The van der Waals surface area contributed by atoms with E-state index in [1.54, 1.807) is 18.2 Å². The number of nitrogens with zero attached hydrogens (tertiary/aromatic N) is 2. The first-order chi connectivity index (χ1) is 8.65. The molecule has 0 saturated carbocycles. The molecule has 7 heteroatoms. The number of H-pyrrole nitrogens is 1. The number of aromatic nitrogens is 3. The van der Waals surface area contributed by atoms with Crippen molar-refractivity contribution in [3.63, 3.8) is 0 Å². The van der Waals surface area contributed by atoms with E-state index in [4.69, 9.17) is 4.74 Å². The third-order valence-electron chi connectivity index (χ3n) is 2.01. The Kier molecular flexibility index (Phi) is 3.33. The Morgan fingerprint density at radius 3 is 2.89 bits per heavy atom. The molecule has 2 N–H and O–H groups in total. The van der Waals surface area contributed by atoms with E-state index in [9.17, 15) is 9.59 Å². The minimum absolute atomic E-state index is 0.315. The Bertz CT molecular complexity index is 565. The SMILES string of the molecule is CC(=O)Oc1cccc(C(=O)Nc2cn[nH]n2)c1. The van der Waals surface area contributed by atoms with Gasteiger partial charge in [-0.25, -0.2) is 0 Å². The van der Waals surface area contributed by atoms with E-state index in [0.29, 0.717) is 17.1 Å². The number of rotatable bonds is 3. The molecule has 1 heterocycles. The summed E-state index contributed by atoms with van der Waals surface area (Å²) < 4.78 is 4.89. The average molecular weight is 246 g/mol. The fourth-order valence-corrected chi connectivity index (χ4v) is 1.32. The lowest BCUT2D eigenvalue weighted by Gasteiger charge is -2.04. The van der Waals surface area contributed by atoms with Crippen molar-refractivity contribution in [1.82, 2.24) is 15.4 Å². The molecule has 1 amide bonds. The van der Waals surface area contributed by atoms with Crippen molar-refractivity contribution in [1.29, 1.82) is 0 Å². The van der Waals surface area contributed by atoms with Gasteiger partial charge in [0.05, 0.1) is 6.20 Å². The lowest BCUT2D eigenvalue weighted by Crippen LogP contribution is -2.12. The topological polar surface area (TPSA) is 97.0 Å². The van der Waals surface area contributed by atoms with Gasteiger partial charge in [-0.1, -0.05) is 6.07 Å². The number of carbonyl (C=O) groups is 2. The zero-order chi connectivity index (χ0) is 13.0. The number of anilines is 1. The number of hydrogen-bond acceptors (Lipinski definition) is 5. The highest BCUT2D eigenvalue weighted by Gasteiger charge is 2.09. The number of amides is 1. The first-order valence-corrected chi connectivity index (χ1v) is 5.11. The van der Waals surface area contributed by atoms with Gasteiger partial charge in [0.1, 0.15) is 5.75 Å². The molecule has 18 heavy (non-hydrogen) atoms. The number of carbonyl (C=O) groups excluding carboxylic acids is 2. The lowest BCUT2D eigenvalue weighted by atomic mass is 10.2. The molecule has 0 radical (unpaired) electrons. The maximum absolute atomic E-state index is 11.8. The molecule has 0 spiro atoms. The fraction of sp³-hybridized carbons (Fsp3) is 0.0909. The van der Waals surface area contributed by atoms with E-state index in [0.717, 1.165) is 0 Å². The summed E-state index contributed by atoms with van der Waals surface area (Å²) in [7, 11) is 0. The van der Waals surface area contributed by atoms with Crippen molar-refractivity contribution < 1.29 is 14.3 Å². The maximum Gasteiger partial charge on any atom is 0.308 e. The second-order valence-corrected chi connectivity index (χ2v) is 3.43. The van der Waals surface area contributed by atoms with E-state index in [1.807, 2.05) is 0 Å². The molecule has 0 saturated heterocycles. The largest absolute Gasteiger partial charge is 0.427 e. The number of esters is 1. The number of benzene rings is 1. The monoisotopic (exact) mass is 246 g/mol. The molecule has 0 aliphatic carbocycles. The quantitative estimate of drug-likeness (QED) is 0.621. The Balaban J connectivity index is 2.12. The van der Waals surface area contributed by atoms with Gasteiger partial charge in [-0.15, -0.1) is 5.10 Å². The molecule has 7 nitrogen and oxygen atoms in total. The molecule has 0 aliphatic rings. The van der Waals surface area contributed by atoms with E-state index >= 15 is 0 Å². The maximum atomic E-state index is 11.8. The van der Waals surface area contributed by atoms with E-state index in [2.05, 4.69) is 20.7 Å². The highest BCUT2D eigenvalue weighted by Crippen LogP contribution is 2.14. The molecule has 0 atom stereocenters. The van der Waals surface area contributed by atoms with Gasteiger partial charge in [0.15, 0.2) is 5.82 Å². The smallest absolute Gasteiger partial charge is 0.308 e. The standard InChI is InChI=1S/C11H10N4O3/c1-7(16)18-9-4-2-3-8(5-9)11(17)13-10-6-12-15-14-10/h2-6H,1H3,(H2,12,13,14,15,17). The second-order valence-electron chi connectivity index (χ2n) is 3.43. The number of ether oxygens (including phenoxy) is 1. The van der Waals surface area contributed by atoms with Crippen LogP contribution in [-0.2, 0) is 4.79 Å². The molecular weight excluding hydrogens is 236 g/mol. The Morgan fingerprint density at radius 2 is 2.22 bits per heavy atom. The van der Waals surface area contributed by atoms with Crippen LogP contribution in [0.3, 0.4) is 0 Å². The molecule has 2 rings (SSSR count). The van der Waals surface area contributed by atoms with Crippen molar-refractivity contribution >= 4 is 17.7 Å². The number of nitrogens with one attached hydrogen (secondary N) is 2. The summed E-state index contributed by atoms with van der Waals surface area (Å²) in [5, 5.41) is 12.2. The zero-order valence-electron chi connectivity index (χ0n) is 9.51. The summed E-state index contributed by atoms with van der Waals surface area (Å²) in [6.45, 7) is 1.29. The molecule has 0 aliphatic heterocycles. The summed E-state index contributed by atoms with van der Waals surface area (Å²) in [5.41, 5.74) is 0.358. The van der Waals surface area contributed by atoms with Crippen LogP contribution in [0.4, 0.5) is 5.82 Å². The van der Waals surface area contributed by atoms with Crippen LogP contribution in [0, 0.1) is 0 Å². The third kappa shape index (κ3) is 2.91. The predicted octanol–water partition coefficient (Wildman–Crippen LogP) is 0.982. The fourth-order valence-electron chi connectivity index (χ4n) is 1.32. The molecule has 1 aromatic carbocycles. The lowest BCUT2D eigenvalue weighted by molar-refractivity contribution is -0.131. The first-order valence-electron chi connectivity index (χ1n) is 5.11. The minimum Gasteiger partial charge on any atom is -0.427 e. The van der Waals surface area contributed by atoms with E-state index < -0.39 is 5.97 Å². The minimum atomic E-state index is -0.441. The second kappa shape index (κ2) is 5.09. The van der Waals surface area contributed by atoms with Crippen molar-refractivity contribution in [3.8, 4) is 5.75 Å². The van der Waals surface area contributed by atoms with Gasteiger partial charge in [0.25, 0.3) is 5.91 Å². The summed E-state index contributed by atoms with van der Waals surface area (Å²) >= 11 is 0. The molecule has 2 aromatic rings. The normalized spacial score (nSPS) is 9.83. The Labute approximate surface area is 102 Å². The van der Waals surface area contributed by atoms with Crippen LogP contribution in [0.2, 0.25) is 0 Å². The summed E-state index contributed by atoms with van der Waals surface area (Å²) in [6, 6.07) is 6.28. The molecule has 1 aromatic heterocycles. The van der Waals surface area contributed by atoms with Crippen LogP contribution in [0.15, 0.2) is 30.5 Å². The summed E-state index contributed by atoms with van der Waals surface area (Å²) in [5.74, 6) is -0.171. The third-order valence-corrected chi connectivity index (χ3v) is 2.01. The number of hydrogen-bond donors (Lipinski definition) is 2. The molecule has 92 valence electrons. The van der Waals surface area contributed by atoms with Crippen molar-refractivity contribution in [2.45, 2.75) is 6.92 Å². The predicted molar refractivity (Wildman–Crippen MR) is 62.1 cm³/mol. The molecular formula is C11H10N4O3. The molecule has 0 unspecified atom stereocenters. The summed E-state index contributed by atoms with van der Waals surface area (Å²) in [6.07, 6.45) is 1.38. The van der Waals surface area contributed by atoms with E-state index in [-0.39, 0.29) is 5.91 Å². The van der Waals surface area contributed by atoms with Crippen LogP contribution >= 0.6 is 0 Å². The zero-order valence-corrected chi connectivity index (χ0v) is 9.51. The van der Waals surface area contributed by atoms with Crippen LogP contribution in [0.1, 0.15) is 17.3 Å². The van der Waals surface area contributed by atoms with Crippen LogP contribution in [0.5, 0.6) is 5.75 Å². The van der Waals surface area contributed by atoms with Gasteiger partial charge in [0.2, 0.25) is 0 Å². The van der Waals surface area contributed by atoms with Crippen molar-refractivity contribution in [3.05, 3.63) is 36.0 Å². The molecule has 0 bridgehead atoms. The van der Waals surface area contributed by atoms with Crippen molar-refractivity contribution in [2.75, 3.05) is 5.32 Å². The average Bonchev–Trinajstić information content (AvgIpc) is 2.81. The van der Waals surface area contributed by atoms with Crippen LogP contribution in [0.25, 0.3) is 0 Å². The van der Waals surface area contributed by atoms with E-state index in [1.165, 1.54) is 19.2 Å². The van der Waals surface area contributed by atoms with Crippen molar-refractivity contribution in [2.24, 2.45) is 0 Å². The van der Waals surface area contributed by atoms with Gasteiger partial charge in [-0.05, 0) is 18.2 Å².